The second kappa shape index (κ2) is 9.86. The fraction of sp³-hybridized carbons (Fsp3) is 0.273. The van der Waals surface area contributed by atoms with Crippen LogP contribution in [0.4, 0.5) is 23.5 Å². The van der Waals surface area contributed by atoms with Gasteiger partial charge in [0.05, 0.1) is 26.0 Å². The van der Waals surface area contributed by atoms with E-state index in [-0.39, 0.29) is 0 Å². The highest BCUT2D eigenvalue weighted by atomic mass is 16.5. The normalized spacial score (nSPS) is 14.3. The van der Waals surface area contributed by atoms with Gasteiger partial charge in [-0.3, -0.25) is 0 Å². The van der Waals surface area contributed by atoms with E-state index in [1.54, 1.807) is 7.11 Å². The maximum absolute atomic E-state index is 5.45. The molecule has 3 aromatic rings. The first-order valence-corrected chi connectivity index (χ1v) is 10.1. The molecule has 31 heavy (non-hydrogen) atoms. The number of morpholine rings is 1. The van der Waals surface area contributed by atoms with Crippen LogP contribution in [0.25, 0.3) is 0 Å². The van der Waals surface area contributed by atoms with Crippen LogP contribution in [0.15, 0.2) is 59.7 Å². The van der Waals surface area contributed by atoms with E-state index in [2.05, 4.69) is 35.7 Å². The molecule has 0 atom stereocenters. The minimum absolute atomic E-state index is 0.364. The molecule has 2 aromatic carbocycles. The van der Waals surface area contributed by atoms with Crippen LogP contribution in [0.5, 0.6) is 5.75 Å². The van der Waals surface area contributed by atoms with Crippen molar-refractivity contribution in [3.8, 4) is 5.75 Å². The molecule has 0 aliphatic carbocycles. The van der Waals surface area contributed by atoms with Crippen molar-refractivity contribution < 1.29 is 9.47 Å². The fourth-order valence-corrected chi connectivity index (χ4v) is 3.06. The van der Waals surface area contributed by atoms with Crippen molar-refractivity contribution in [1.82, 2.24) is 15.0 Å². The van der Waals surface area contributed by atoms with Gasteiger partial charge in [-0.2, -0.15) is 20.1 Å². The number of nitrogens with zero attached hydrogens (tertiary/aromatic N) is 5. The van der Waals surface area contributed by atoms with E-state index >= 15 is 0 Å². The Kier molecular flexibility index (Phi) is 6.53. The highest BCUT2D eigenvalue weighted by Crippen LogP contribution is 2.21. The second-order valence-electron chi connectivity index (χ2n) is 6.91. The molecule has 0 unspecified atom stereocenters. The van der Waals surface area contributed by atoms with Crippen LogP contribution in [0.2, 0.25) is 0 Å². The standard InChI is InChI=1S/C22H25N7O2/c1-16(17-6-4-3-5-7-17)27-28-21-24-20(23-18-8-10-19(30-2)11-9-18)25-22(26-21)29-12-14-31-15-13-29/h3-11H,12-15H2,1-2H3,(H2,23,24,25,26,28). The third-order valence-electron chi connectivity index (χ3n) is 4.78. The van der Waals surface area contributed by atoms with Crippen LogP contribution in [0.3, 0.4) is 0 Å². The Morgan fingerprint density at radius 3 is 2.39 bits per heavy atom. The van der Waals surface area contributed by atoms with Crippen molar-refractivity contribution in [2.24, 2.45) is 5.10 Å². The van der Waals surface area contributed by atoms with Crippen molar-refractivity contribution in [1.29, 1.82) is 0 Å². The Bertz CT molecular complexity index is 1020. The van der Waals surface area contributed by atoms with Gasteiger partial charge in [0.2, 0.25) is 17.8 Å². The average Bonchev–Trinajstić information content (AvgIpc) is 2.84. The number of benzene rings is 2. The molecular formula is C22H25N7O2. The van der Waals surface area contributed by atoms with Crippen LogP contribution in [0.1, 0.15) is 12.5 Å². The molecule has 2 N–H and O–H groups in total. The number of rotatable bonds is 7. The molecule has 1 aliphatic heterocycles. The summed E-state index contributed by atoms with van der Waals surface area (Å²) < 4.78 is 10.7. The van der Waals surface area contributed by atoms with Gasteiger partial charge < -0.3 is 19.7 Å². The molecule has 2 heterocycles. The Morgan fingerprint density at radius 1 is 0.968 bits per heavy atom. The summed E-state index contributed by atoms with van der Waals surface area (Å²) in [6.07, 6.45) is 0. The molecule has 0 radical (unpaired) electrons. The van der Waals surface area contributed by atoms with Crippen molar-refractivity contribution >= 4 is 29.2 Å². The number of nitrogens with one attached hydrogen (secondary N) is 2. The van der Waals surface area contributed by atoms with Gasteiger partial charge in [0.15, 0.2) is 0 Å². The van der Waals surface area contributed by atoms with Gasteiger partial charge in [-0.15, -0.1) is 0 Å². The highest BCUT2D eigenvalue weighted by molar-refractivity contribution is 5.98. The van der Waals surface area contributed by atoms with Crippen LogP contribution in [-0.4, -0.2) is 54.1 Å². The molecule has 1 aromatic heterocycles. The molecule has 0 bridgehead atoms. The number of ether oxygens (including phenoxy) is 2. The Balaban J connectivity index is 1.59. The van der Waals surface area contributed by atoms with Gasteiger partial charge in [-0.05, 0) is 36.8 Å². The minimum Gasteiger partial charge on any atom is -0.497 e. The lowest BCUT2D eigenvalue weighted by Crippen LogP contribution is -2.37. The molecule has 4 rings (SSSR count). The van der Waals surface area contributed by atoms with Crippen molar-refractivity contribution in [3.05, 3.63) is 60.2 Å². The highest BCUT2D eigenvalue weighted by Gasteiger charge is 2.17. The minimum atomic E-state index is 0.364. The summed E-state index contributed by atoms with van der Waals surface area (Å²) in [4.78, 5) is 15.7. The lowest BCUT2D eigenvalue weighted by molar-refractivity contribution is 0.122. The zero-order valence-corrected chi connectivity index (χ0v) is 17.6. The van der Waals surface area contributed by atoms with Gasteiger partial charge >= 0.3 is 0 Å². The first kappa shape index (κ1) is 20.5. The van der Waals surface area contributed by atoms with E-state index in [0.717, 1.165) is 35.8 Å². The third-order valence-corrected chi connectivity index (χ3v) is 4.78. The van der Waals surface area contributed by atoms with Gasteiger partial charge in [0.1, 0.15) is 5.75 Å². The number of hydrazone groups is 1. The van der Waals surface area contributed by atoms with E-state index in [0.29, 0.717) is 31.1 Å². The summed E-state index contributed by atoms with van der Waals surface area (Å²) >= 11 is 0. The predicted molar refractivity (Wildman–Crippen MR) is 121 cm³/mol. The van der Waals surface area contributed by atoms with Gasteiger partial charge in [-0.25, -0.2) is 5.43 Å². The molecule has 1 aliphatic rings. The quantitative estimate of drug-likeness (QED) is 0.445. The molecule has 1 saturated heterocycles. The summed E-state index contributed by atoms with van der Waals surface area (Å²) in [6.45, 7) is 4.65. The first-order valence-electron chi connectivity index (χ1n) is 10.1. The smallest absolute Gasteiger partial charge is 0.250 e. The van der Waals surface area contributed by atoms with E-state index in [1.807, 2.05) is 61.5 Å². The third kappa shape index (κ3) is 5.46. The second-order valence-corrected chi connectivity index (χ2v) is 6.91. The van der Waals surface area contributed by atoms with E-state index < -0.39 is 0 Å². The monoisotopic (exact) mass is 419 g/mol. The molecule has 0 spiro atoms. The van der Waals surface area contributed by atoms with Crippen LogP contribution >= 0.6 is 0 Å². The van der Waals surface area contributed by atoms with Gasteiger partial charge in [0.25, 0.3) is 0 Å². The van der Waals surface area contributed by atoms with Crippen molar-refractivity contribution in [2.75, 3.05) is 49.1 Å². The van der Waals surface area contributed by atoms with Gasteiger partial charge in [0, 0.05) is 18.8 Å². The Labute approximate surface area is 181 Å². The number of aromatic nitrogens is 3. The lowest BCUT2D eigenvalue weighted by Gasteiger charge is -2.27. The zero-order chi connectivity index (χ0) is 21.5. The van der Waals surface area contributed by atoms with Crippen molar-refractivity contribution in [2.45, 2.75) is 6.92 Å². The van der Waals surface area contributed by atoms with Gasteiger partial charge in [-0.1, -0.05) is 30.3 Å². The van der Waals surface area contributed by atoms with Crippen LogP contribution in [0, 0.1) is 0 Å². The Hall–Kier alpha value is -3.72. The van der Waals surface area contributed by atoms with E-state index in [4.69, 9.17) is 9.47 Å². The number of methoxy groups -OCH3 is 1. The topological polar surface area (TPSA) is 96.8 Å². The zero-order valence-electron chi connectivity index (χ0n) is 17.6. The number of anilines is 4. The lowest BCUT2D eigenvalue weighted by atomic mass is 10.1. The average molecular weight is 419 g/mol. The van der Waals surface area contributed by atoms with Crippen LogP contribution < -0.4 is 20.4 Å². The molecule has 0 amide bonds. The number of hydrogen-bond donors (Lipinski definition) is 2. The first-order chi connectivity index (χ1) is 15.2. The maximum atomic E-state index is 5.45. The molecule has 9 nitrogen and oxygen atoms in total. The molecule has 0 saturated carbocycles. The summed E-state index contributed by atoms with van der Waals surface area (Å²) in [5.74, 6) is 2.15. The summed E-state index contributed by atoms with van der Waals surface area (Å²) in [5, 5.41) is 7.68. The fourth-order valence-electron chi connectivity index (χ4n) is 3.06. The summed E-state index contributed by atoms with van der Waals surface area (Å²) in [7, 11) is 1.64. The predicted octanol–water partition coefficient (Wildman–Crippen LogP) is 3.30. The summed E-state index contributed by atoms with van der Waals surface area (Å²) in [6, 6.07) is 17.5. The van der Waals surface area contributed by atoms with E-state index in [9.17, 15) is 0 Å². The molecule has 160 valence electrons. The largest absolute Gasteiger partial charge is 0.497 e. The SMILES string of the molecule is COc1ccc(Nc2nc(NN=C(C)c3ccccc3)nc(N3CCOCC3)n2)cc1. The van der Waals surface area contributed by atoms with E-state index in [1.165, 1.54) is 0 Å². The maximum Gasteiger partial charge on any atom is 0.250 e. The number of hydrogen-bond acceptors (Lipinski definition) is 9. The van der Waals surface area contributed by atoms with Crippen molar-refractivity contribution in [3.63, 3.8) is 0 Å². The Morgan fingerprint density at radius 2 is 1.68 bits per heavy atom. The molecule has 1 fully saturated rings. The van der Waals surface area contributed by atoms with Crippen LogP contribution in [-0.2, 0) is 4.74 Å². The molecule has 9 heteroatoms. The molecular weight excluding hydrogens is 394 g/mol. The summed E-state index contributed by atoms with van der Waals surface area (Å²) in [5.41, 5.74) is 5.67.